The van der Waals surface area contributed by atoms with E-state index in [0.717, 1.165) is 0 Å². The normalized spacial score (nSPS) is 26.5. The van der Waals surface area contributed by atoms with Gasteiger partial charge in [-0.25, -0.2) is 0 Å². The van der Waals surface area contributed by atoms with Gasteiger partial charge in [-0.05, 0) is 44.0 Å². The van der Waals surface area contributed by atoms with Crippen molar-refractivity contribution >= 4 is 11.8 Å². The van der Waals surface area contributed by atoms with Gasteiger partial charge in [0.15, 0.2) is 0 Å². The van der Waals surface area contributed by atoms with Crippen molar-refractivity contribution < 1.29 is 0 Å². The molecule has 0 aromatic rings. The van der Waals surface area contributed by atoms with E-state index >= 15 is 0 Å². The molecule has 1 aliphatic heterocycles. The first-order valence-electron chi connectivity index (χ1n) is 7.79. The van der Waals surface area contributed by atoms with E-state index in [9.17, 15) is 0 Å². The van der Waals surface area contributed by atoms with Gasteiger partial charge < -0.3 is 10.2 Å². The maximum Gasteiger partial charge on any atom is 0.00726 e. The van der Waals surface area contributed by atoms with Crippen LogP contribution in [0.2, 0.25) is 0 Å². The van der Waals surface area contributed by atoms with Crippen LogP contribution in [0.4, 0.5) is 0 Å². The Balaban J connectivity index is 1.94. The lowest BCUT2D eigenvalue weighted by Crippen LogP contribution is -2.44. The molecule has 0 unspecified atom stereocenters. The van der Waals surface area contributed by atoms with E-state index in [2.05, 4.69) is 29.0 Å². The van der Waals surface area contributed by atoms with Crippen molar-refractivity contribution in [3.05, 3.63) is 0 Å². The van der Waals surface area contributed by atoms with Crippen LogP contribution >= 0.6 is 11.8 Å². The van der Waals surface area contributed by atoms with E-state index in [4.69, 9.17) is 0 Å². The Morgan fingerprint density at radius 3 is 2.50 bits per heavy atom. The van der Waals surface area contributed by atoms with E-state index in [1.165, 1.54) is 82.6 Å². The zero-order valence-electron chi connectivity index (χ0n) is 12.0. The minimum atomic E-state index is 0.570. The molecule has 1 saturated carbocycles. The predicted octanol–water partition coefficient (Wildman–Crippen LogP) is 2.99. The van der Waals surface area contributed by atoms with Gasteiger partial charge in [0.2, 0.25) is 0 Å². The zero-order chi connectivity index (χ0) is 12.7. The van der Waals surface area contributed by atoms with Crippen LogP contribution in [-0.2, 0) is 0 Å². The quantitative estimate of drug-likeness (QED) is 0.791. The molecule has 1 heterocycles. The SMILES string of the molecule is CNCC1(CN2CCCSCC2)CCCCCC1. The van der Waals surface area contributed by atoms with Crippen molar-refractivity contribution in [3.63, 3.8) is 0 Å². The lowest BCUT2D eigenvalue weighted by atomic mass is 9.79. The number of nitrogens with one attached hydrogen (secondary N) is 1. The highest BCUT2D eigenvalue weighted by molar-refractivity contribution is 7.99. The molecule has 2 aliphatic rings. The molecule has 18 heavy (non-hydrogen) atoms. The smallest absolute Gasteiger partial charge is 0.00726 e. The first kappa shape index (κ1) is 14.7. The molecule has 0 atom stereocenters. The molecular weight excluding hydrogens is 240 g/mol. The summed E-state index contributed by atoms with van der Waals surface area (Å²) in [7, 11) is 2.13. The Morgan fingerprint density at radius 1 is 1.00 bits per heavy atom. The van der Waals surface area contributed by atoms with Crippen molar-refractivity contribution in [2.75, 3.05) is 44.7 Å². The topological polar surface area (TPSA) is 15.3 Å². The molecule has 1 aliphatic carbocycles. The van der Waals surface area contributed by atoms with Crippen molar-refractivity contribution in [2.45, 2.75) is 44.9 Å². The summed E-state index contributed by atoms with van der Waals surface area (Å²) in [6, 6.07) is 0. The summed E-state index contributed by atoms with van der Waals surface area (Å²) < 4.78 is 0. The van der Waals surface area contributed by atoms with Crippen LogP contribution < -0.4 is 5.32 Å². The number of hydrogen-bond donors (Lipinski definition) is 1. The second-order valence-electron chi connectivity index (χ2n) is 6.19. The highest BCUT2D eigenvalue weighted by Crippen LogP contribution is 2.35. The fourth-order valence-electron chi connectivity index (χ4n) is 3.67. The van der Waals surface area contributed by atoms with Gasteiger partial charge in [0.1, 0.15) is 0 Å². The molecule has 106 valence electrons. The zero-order valence-corrected chi connectivity index (χ0v) is 12.9. The molecule has 2 rings (SSSR count). The molecule has 2 fully saturated rings. The molecule has 0 radical (unpaired) electrons. The van der Waals surface area contributed by atoms with Crippen LogP contribution in [0.5, 0.6) is 0 Å². The summed E-state index contributed by atoms with van der Waals surface area (Å²) in [4.78, 5) is 2.75. The van der Waals surface area contributed by atoms with Gasteiger partial charge in [-0.15, -0.1) is 0 Å². The summed E-state index contributed by atoms with van der Waals surface area (Å²) in [5, 5.41) is 3.48. The van der Waals surface area contributed by atoms with E-state index < -0.39 is 0 Å². The minimum Gasteiger partial charge on any atom is -0.319 e. The maximum atomic E-state index is 3.48. The molecule has 1 saturated heterocycles. The third kappa shape index (κ3) is 4.43. The molecule has 0 amide bonds. The third-order valence-electron chi connectivity index (χ3n) is 4.59. The molecular formula is C15H30N2S. The summed E-state index contributed by atoms with van der Waals surface area (Å²) in [5.74, 6) is 2.71. The van der Waals surface area contributed by atoms with E-state index in [1.54, 1.807) is 0 Å². The molecule has 0 spiro atoms. The van der Waals surface area contributed by atoms with Gasteiger partial charge in [-0.1, -0.05) is 25.7 Å². The van der Waals surface area contributed by atoms with Crippen molar-refractivity contribution in [1.29, 1.82) is 0 Å². The molecule has 1 N–H and O–H groups in total. The van der Waals surface area contributed by atoms with Crippen LogP contribution in [0.3, 0.4) is 0 Å². The van der Waals surface area contributed by atoms with E-state index in [0.29, 0.717) is 5.41 Å². The fourth-order valence-corrected chi connectivity index (χ4v) is 4.60. The second-order valence-corrected chi connectivity index (χ2v) is 7.41. The van der Waals surface area contributed by atoms with Crippen molar-refractivity contribution in [3.8, 4) is 0 Å². The highest BCUT2D eigenvalue weighted by Gasteiger charge is 2.32. The van der Waals surface area contributed by atoms with E-state index in [1.807, 2.05) is 0 Å². The van der Waals surface area contributed by atoms with Crippen LogP contribution in [0.15, 0.2) is 0 Å². The Morgan fingerprint density at radius 2 is 1.78 bits per heavy atom. The first-order valence-corrected chi connectivity index (χ1v) is 8.95. The third-order valence-corrected chi connectivity index (χ3v) is 5.64. The fraction of sp³-hybridized carbons (Fsp3) is 1.00. The lowest BCUT2D eigenvalue weighted by molar-refractivity contribution is 0.135. The Labute approximate surface area is 117 Å². The molecule has 3 heteroatoms. The summed E-state index contributed by atoms with van der Waals surface area (Å²) in [6.07, 6.45) is 10.1. The van der Waals surface area contributed by atoms with Gasteiger partial charge >= 0.3 is 0 Å². The van der Waals surface area contributed by atoms with Gasteiger partial charge in [0, 0.05) is 25.4 Å². The minimum absolute atomic E-state index is 0.570. The molecule has 0 aromatic heterocycles. The summed E-state index contributed by atoms with van der Waals surface area (Å²) >= 11 is 2.14. The Bertz CT molecular complexity index is 217. The van der Waals surface area contributed by atoms with Crippen LogP contribution in [0.1, 0.15) is 44.9 Å². The van der Waals surface area contributed by atoms with Gasteiger partial charge in [0.05, 0.1) is 0 Å². The molecule has 2 nitrogen and oxygen atoms in total. The van der Waals surface area contributed by atoms with Crippen molar-refractivity contribution in [2.24, 2.45) is 5.41 Å². The Kier molecular flexibility index (Phi) is 6.33. The first-order chi connectivity index (χ1) is 8.85. The average Bonchev–Trinajstić information content (AvgIpc) is 2.73. The van der Waals surface area contributed by atoms with Crippen LogP contribution in [0, 0.1) is 5.41 Å². The number of nitrogens with zero attached hydrogens (tertiary/aromatic N) is 1. The van der Waals surface area contributed by atoms with Crippen LogP contribution in [0.25, 0.3) is 0 Å². The summed E-state index contributed by atoms with van der Waals surface area (Å²) in [5.41, 5.74) is 0.570. The summed E-state index contributed by atoms with van der Waals surface area (Å²) in [6.45, 7) is 5.21. The van der Waals surface area contributed by atoms with Gasteiger partial charge in [0.25, 0.3) is 0 Å². The number of rotatable bonds is 4. The molecule has 0 bridgehead atoms. The van der Waals surface area contributed by atoms with Crippen molar-refractivity contribution in [1.82, 2.24) is 10.2 Å². The monoisotopic (exact) mass is 270 g/mol. The van der Waals surface area contributed by atoms with Gasteiger partial charge in [-0.2, -0.15) is 11.8 Å². The van der Waals surface area contributed by atoms with E-state index in [-0.39, 0.29) is 0 Å². The van der Waals surface area contributed by atoms with Gasteiger partial charge in [-0.3, -0.25) is 0 Å². The highest BCUT2D eigenvalue weighted by atomic mass is 32.2. The molecule has 0 aromatic carbocycles. The van der Waals surface area contributed by atoms with Crippen LogP contribution in [-0.4, -0.2) is 49.6 Å². The Hall–Kier alpha value is 0.270. The number of thioether (sulfide) groups is 1. The standard InChI is InChI=1S/C15H30N2S/c1-16-13-15(7-4-2-3-5-8-15)14-17-9-6-11-18-12-10-17/h16H,2-14H2,1H3. The predicted molar refractivity (Wildman–Crippen MR) is 82.4 cm³/mol. The number of hydrogen-bond acceptors (Lipinski definition) is 3. The second kappa shape index (κ2) is 7.76. The lowest BCUT2D eigenvalue weighted by Gasteiger charge is -2.37. The largest absolute Gasteiger partial charge is 0.319 e. The maximum absolute atomic E-state index is 3.48. The average molecular weight is 270 g/mol.